The molecule has 106 valence electrons. The van der Waals surface area contributed by atoms with Gasteiger partial charge >= 0.3 is 0 Å². The van der Waals surface area contributed by atoms with Gasteiger partial charge in [0.25, 0.3) is 0 Å². The second kappa shape index (κ2) is 6.01. The number of aryl methyl sites for hydroxylation is 1. The molecular formula is C16H16N4S. The van der Waals surface area contributed by atoms with Crippen molar-refractivity contribution in [3.8, 4) is 10.6 Å². The summed E-state index contributed by atoms with van der Waals surface area (Å²) in [6.45, 7) is 4.07. The van der Waals surface area contributed by atoms with E-state index >= 15 is 0 Å². The molecule has 0 aliphatic rings. The highest BCUT2D eigenvalue weighted by Crippen LogP contribution is 2.25. The lowest BCUT2D eigenvalue weighted by Crippen LogP contribution is -2.10. The van der Waals surface area contributed by atoms with Gasteiger partial charge in [-0.2, -0.15) is 0 Å². The first-order chi connectivity index (χ1) is 10.2. The first-order valence-corrected chi connectivity index (χ1v) is 7.66. The number of thiazole rings is 1. The van der Waals surface area contributed by atoms with Gasteiger partial charge in [-0.1, -0.05) is 0 Å². The Labute approximate surface area is 127 Å². The molecule has 0 amide bonds. The van der Waals surface area contributed by atoms with Crippen LogP contribution in [-0.2, 0) is 0 Å². The van der Waals surface area contributed by atoms with Crippen molar-refractivity contribution in [1.29, 1.82) is 0 Å². The molecule has 21 heavy (non-hydrogen) atoms. The topological polar surface area (TPSA) is 50.7 Å². The molecule has 0 radical (unpaired) electrons. The summed E-state index contributed by atoms with van der Waals surface area (Å²) in [6.07, 6.45) is 5.27. The fraction of sp³-hybridized carbons (Fsp3) is 0.188. The summed E-state index contributed by atoms with van der Waals surface area (Å²) in [4.78, 5) is 13.0. The van der Waals surface area contributed by atoms with Crippen LogP contribution in [0.4, 0.5) is 5.69 Å². The van der Waals surface area contributed by atoms with Crippen LogP contribution in [0.2, 0.25) is 0 Å². The van der Waals surface area contributed by atoms with Gasteiger partial charge in [-0.15, -0.1) is 11.3 Å². The van der Waals surface area contributed by atoms with Crippen molar-refractivity contribution >= 4 is 17.0 Å². The summed E-state index contributed by atoms with van der Waals surface area (Å²) in [5, 5.41) is 6.48. The number of benzene rings is 1. The zero-order valence-corrected chi connectivity index (χ0v) is 12.8. The molecule has 1 N–H and O–H groups in total. The molecule has 3 aromatic rings. The first-order valence-electron chi connectivity index (χ1n) is 6.78. The fourth-order valence-corrected chi connectivity index (χ4v) is 2.88. The van der Waals surface area contributed by atoms with Gasteiger partial charge in [0.05, 0.1) is 17.4 Å². The second-order valence-corrected chi connectivity index (χ2v) is 5.70. The molecule has 3 rings (SSSR count). The molecule has 1 atom stereocenters. The van der Waals surface area contributed by atoms with Gasteiger partial charge in [-0.3, -0.25) is 9.97 Å². The van der Waals surface area contributed by atoms with E-state index in [2.05, 4.69) is 51.5 Å². The summed E-state index contributed by atoms with van der Waals surface area (Å²) in [6, 6.07) is 8.41. The van der Waals surface area contributed by atoms with Gasteiger partial charge in [0.15, 0.2) is 0 Å². The molecule has 4 nitrogen and oxygen atoms in total. The smallest absolute Gasteiger partial charge is 0.123 e. The van der Waals surface area contributed by atoms with E-state index in [1.165, 1.54) is 0 Å². The van der Waals surface area contributed by atoms with E-state index < -0.39 is 0 Å². The van der Waals surface area contributed by atoms with Gasteiger partial charge in [-0.05, 0) is 38.1 Å². The molecule has 5 heteroatoms. The second-order valence-electron chi connectivity index (χ2n) is 4.81. The molecule has 0 aliphatic heterocycles. The van der Waals surface area contributed by atoms with Gasteiger partial charge < -0.3 is 5.32 Å². The molecular weight excluding hydrogens is 280 g/mol. The Kier molecular flexibility index (Phi) is 3.92. The zero-order chi connectivity index (χ0) is 14.7. The molecule has 1 unspecified atom stereocenters. The predicted molar refractivity (Wildman–Crippen MR) is 86.4 cm³/mol. The summed E-state index contributed by atoms with van der Waals surface area (Å²) >= 11 is 1.64. The SMILES string of the molecule is Cc1nccnc1C(C)Nc1ccc(-c2nccs2)cc1. The minimum Gasteiger partial charge on any atom is -0.377 e. The molecule has 0 aliphatic carbocycles. The average Bonchev–Trinajstić information content (AvgIpc) is 3.02. The van der Waals surface area contributed by atoms with Crippen LogP contribution in [0.15, 0.2) is 48.2 Å². The Hall–Kier alpha value is -2.27. The maximum atomic E-state index is 4.40. The van der Waals surface area contributed by atoms with Gasteiger partial charge in [-0.25, -0.2) is 4.98 Å². The van der Waals surface area contributed by atoms with Crippen molar-refractivity contribution in [3.63, 3.8) is 0 Å². The van der Waals surface area contributed by atoms with Crippen LogP contribution >= 0.6 is 11.3 Å². The van der Waals surface area contributed by atoms with E-state index in [0.29, 0.717) is 0 Å². The molecule has 2 heterocycles. The third-order valence-corrected chi connectivity index (χ3v) is 4.10. The number of hydrogen-bond acceptors (Lipinski definition) is 5. The predicted octanol–water partition coefficient (Wildman–Crippen LogP) is 4.08. The van der Waals surface area contributed by atoms with Crippen LogP contribution in [0.3, 0.4) is 0 Å². The Morgan fingerprint density at radius 1 is 1.00 bits per heavy atom. The van der Waals surface area contributed by atoms with Crippen molar-refractivity contribution in [2.75, 3.05) is 5.32 Å². The lowest BCUT2D eigenvalue weighted by molar-refractivity contribution is 0.810. The van der Waals surface area contributed by atoms with Crippen LogP contribution in [0.1, 0.15) is 24.4 Å². The molecule has 0 saturated heterocycles. The molecule has 2 aromatic heterocycles. The van der Waals surface area contributed by atoms with Crippen LogP contribution in [0.5, 0.6) is 0 Å². The quantitative estimate of drug-likeness (QED) is 0.788. The average molecular weight is 296 g/mol. The molecule has 0 bridgehead atoms. The number of aromatic nitrogens is 3. The highest BCUT2D eigenvalue weighted by molar-refractivity contribution is 7.13. The third kappa shape index (κ3) is 3.08. The standard InChI is InChI=1S/C16H16N4S/c1-11-15(18-8-7-17-11)12(2)20-14-5-3-13(4-6-14)16-19-9-10-21-16/h3-10,12,20H,1-2H3. The Morgan fingerprint density at radius 3 is 2.43 bits per heavy atom. The maximum absolute atomic E-state index is 4.40. The van der Waals surface area contributed by atoms with E-state index in [-0.39, 0.29) is 6.04 Å². The van der Waals surface area contributed by atoms with E-state index in [1.54, 1.807) is 23.7 Å². The molecule has 0 spiro atoms. The van der Waals surface area contributed by atoms with E-state index in [1.807, 2.05) is 18.5 Å². The van der Waals surface area contributed by atoms with Gasteiger partial charge in [0.2, 0.25) is 0 Å². The highest BCUT2D eigenvalue weighted by atomic mass is 32.1. The summed E-state index contributed by atoms with van der Waals surface area (Å²) in [7, 11) is 0. The highest BCUT2D eigenvalue weighted by Gasteiger charge is 2.10. The molecule has 1 aromatic carbocycles. The summed E-state index contributed by atoms with van der Waals surface area (Å²) in [5.74, 6) is 0. The Balaban J connectivity index is 1.75. The van der Waals surface area contributed by atoms with Crippen LogP contribution in [0.25, 0.3) is 10.6 Å². The zero-order valence-electron chi connectivity index (χ0n) is 11.9. The van der Waals surface area contributed by atoms with Crippen molar-refractivity contribution in [3.05, 3.63) is 59.6 Å². The van der Waals surface area contributed by atoms with Crippen molar-refractivity contribution < 1.29 is 0 Å². The summed E-state index contributed by atoms with van der Waals surface area (Å²) in [5.41, 5.74) is 4.13. The Bertz CT molecular complexity index is 707. The van der Waals surface area contributed by atoms with E-state index in [0.717, 1.165) is 27.6 Å². The number of rotatable bonds is 4. The van der Waals surface area contributed by atoms with Gasteiger partial charge in [0.1, 0.15) is 5.01 Å². The lowest BCUT2D eigenvalue weighted by Gasteiger charge is -2.16. The van der Waals surface area contributed by atoms with Crippen LogP contribution in [-0.4, -0.2) is 15.0 Å². The van der Waals surface area contributed by atoms with E-state index in [4.69, 9.17) is 0 Å². The van der Waals surface area contributed by atoms with Gasteiger partial charge in [0, 0.05) is 35.2 Å². The maximum Gasteiger partial charge on any atom is 0.123 e. The fourth-order valence-electron chi connectivity index (χ4n) is 2.24. The number of nitrogens with zero attached hydrogens (tertiary/aromatic N) is 3. The molecule has 0 fully saturated rings. The van der Waals surface area contributed by atoms with E-state index in [9.17, 15) is 0 Å². The van der Waals surface area contributed by atoms with Crippen molar-refractivity contribution in [2.24, 2.45) is 0 Å². The minimum absolute atomic E-state index is 0.115. The first kappa shape index (κ1) is 13.7. The van der Waals surface area contributed by atoms with Crippen LogP contribution < -0.4 is 5.32 Å². The minimum atomic E-state index is 0.115. The van der Waals surface area contributed by atoms with Crippen molar-refractivity contribution in [1.82, 2.24) is 15.0 Å². The summed E-state index contributed by atoms with van der Waals surface area (Å²) < 4.78 is 0. The largest absolute Gasteiger partial charge is 0.377 e. The number of nitrogens with one attached hydrogen (secondary N) is 1. The van der Waals surface area contributed by atoms with Crippen LogP contribution in [0, 0.1) is 6.92 Å². The normalized spacial score (nSPS) is 12.1. The third-order valence-electron chi connectivity index (χ3n) is 3.28. The lowest BCUT2D eigenvalue weighted by atomic mass is 10.1. The monoisotopic (exact) mass is 296 g/mol. The number of anilines is 1. The van der Waals surface area contributed by atoms with Crippen molar-refractivity contribution in [2.45, 2.75) is 19.9 Å². The molecule has 0 saturated carbocycles. The Morgan fingerprint density at radius 2 is 1.76 bits per heavy atom. The number of hydrogen-bond donors (Lipinski definition) is 1.